The molecule has 1 N–H and O–H groups in total. The van der Waals surface area contributed by atoms with Crippen molar-refractivity contribution in [2.45, 2.75) is 25.7 Å². The van der Waals surface area contributed by atoms with Crippen molar-refractivity contribution in [3.8, 4) is 0 Å². The van der Waals surface area contributed by atoms with Crippen molar-refractivity contribution in [3.05, 3.63) is 18.1 Å². The molecule has 1 saturated carbocycles. The maximum absolute atomic E-state index is 10.8. The summed E-state index contributed by atoms with van der Waals surface area (Å²) in [6.45, 7) is 0.928. The molecule has 0 atom stereocenters. The second kappa shape index (κ2) is 5.12. The van der Waals surface area contributed by atoms with E-state index in [1.54, 1.807) is 6.20 Å². The fourth-order valence-electron chi connectivity index (χ4n) is 2.32. The zero-order valence-corrected chi connectivity index (χ0v) is 9.96. The van der Waals surface area contributed by atoms with Crippen LogP contribution < -0.4 is 4.90 Å². The lowest BCUT2D eigenvalue weighted by atomic mass is 10.1. The van der Waals surface area contributed by atoms with Crippen LogP contribution in [-0.4, -0.2) is 34.6 Å². The van der Waals surface area contributed by atoms with Gasteiger partial charge < -0.3 is 10.0 Å². The summed E-state index contributed by atoms with van der Waals surface area (Å²) in [5, 5.41) is 8.85. The first kappa shape index (κ1) is 11.8. The van der Waals surface area contributed by atoms with Gasteiger partial charge in [0.05, 0.1) is 12.4 Å². The van der Waals surface area contributed by atoms with Crippen LogP contribution in [0.15, 0.2) is 12.4 Å². The summed E-state index contributed by atoms with van der Waals surface area (Å²) in [6.07, 6.45) is 8.02. The Morgan fingerprint density at radius 3 is 2.82 bits per heavy atom. The number of aromatic nitrogens is 2. The van der Waals surface area contributed by atoms with Gasteiger partial charge in [0.25, 0.3) is 0 Å². The van der Waals surface area contributed by atoms with Gasteiger partial charge in [-0.3, -0.25) is 4.98 Å². The monoisotopic (exact) mass is 235 g/mol. The summed E-state index contributed by atoms with van der Waals surface area (Å²) in [5.74, 6) is 0.306. The first-order valence-electron chi connectivity index (χ1n) is 5.93. The smallest absolute Gasteiger partial charge is 0.356 e. The second-order valence-corrected chi connectivity index (χ2v) is 4.60. The molecule has 1 fully saturated rings. The molecule has 1 aliphatic carbocycles. The van der Waals surface area contributed by atoms with Crippen molar-refractivity contribution >= 4 is 11.8 Å². The molecule has 0 bridgehead atoms. The fraction of sp³-hybridized carbons (Fsp3) is 0.583. The van der Waals surface area contributed by atoms with Crippen molar-refractivity contribution in [3.63, 3.8) is 0 Å². The van der Waals surface area contributed by atoms with Crippen molar-refractivity contribution in [1.82, 2.24) is 9.97 Å². The predicted molar refractivity (Wildman–Crippen MR) is 64.2 cm³/mol. The van der Waals surface area contributed by atoms with E-state index >= 15 is 0 Å². The largest absolute Gasteiger partial charge is 0.476 e. The molecule has 1 aromatic heterocycles. The van der Waals surface area contributed by atoms with E-state index in [1.165, 1.54) is 31.9 Å². The van der Waals surface area contributed by atoms with Gasteiger partial charge in [0, 0.05) is 13.6 Å². The Hall–Kier alpha value is -1.65. The van der Waals surface area contributed by atoms with Gasteiger partial charge in [-0.25, -0.2) is 9.78 Å². The number of aromatic carboxylic acids is 1. The lowest BCUT2D eigenvalue weighted by Gasteiger charge is -2.21. The standard InChI is InChI=1S/C12H17N3O2/c1-15(8-9-4-2-3-5-9)11-7-13-6-10(14-11)12(16)17/h6-7,9H,2-5,8H2,1H3,(H,16,17). The number of rotatable bonds is 4. The SMILES string of the molecule is CN(CC1CCCC1)c1cncc(C(=O)O)n1. The van der Waals surface area contributed by atoms with E-state index in [-0.39, 0.29) is 5.69 Å². The van der Waals surface area contributed by atoms with Gasteiger partial charge in [-0.2, -0.15) is 0 Å². The molecule has 0 saturated heterocycles. The Labute approximate surface area is 100 Å². The first-order valence-corrected chi connectivity index (χ1v) is 5.93. The summed E-state index contributed by atoms with van der Waals surface area (Å²) in [6, 6.07) is 0. The van der Waals surface area contributed by atoms with E-state index < -0.39 is 5.97 Å². The summed E-state index contributed by atoms with van der Waals surface area (Å²) < 4.78 is 0. The van der Waals surface area contributed by atoms with Crippen LogP contribution in [0.25, 0.3) is 0 Å². The number of hydrogen-bond acceptors (Lipinski definition) is 4. The van der Waals surface area contributed by atoms with E-state index in [9.17, 15) is 4.79 Å². The Morgan fingerprint density at radius 2 is 2.18 bits per heavy atom. The van der Waals surface area contributed by atoms with E-state index in [2.05, 4.69) is 9.97 Å². The van der Waals surface area contributed by atoms with E-state index in [0.717, 1.165) is 6.54 Å². The van der Waals surface area contributed by atoms with Crippen LogP contribution in [0, 0.1) is 5.92 Å². The van der Waals surface area contributed by atoms with Crippen LogP contribution in [0.5, 0.6) is 0 Å². The third-order valence-electron chi connectivity index (χ3n) is 3.24. The van der Waals surface area contributed by atoms with Crippen molar-refractivity contribution in [2.24, 2.45) is 5.92 Å². The van der Waals surface area contributed by atoms with Crippen LogP contribution in [0.2, 0.25) is 0 Å². The van der Waals surface area contributed by atoms with Crippen molar-refractivity contribution < 1.29 is 9.90 Å². The zero-order valence-electron chi connectivity index (χ0n) is 9.96. The van der Waals surface area contributed by atoms with Gasteiger partial charge >= 0.3 is 5.97 Å². The van der Waals surface area contributed by atoms with Crippen LogP contribution in [0.4, 0.5) is 5.82 Å². The number of nitrogens with zero attached hydrogens (tertiary/aromatic N) is 3. The minimum Gasteiger partial charge on any atom is -0.476 e. The molecule has 17 heavy (non-hydrogen) atoms. The topological polar surface area (TPSA) is 66.3 Å². The molecule has 0 radical (unpaired) electrons. The molecule has 0 aliphatic heterocycles. The molecule has 1 aliphatic rings. The first-order chi connectivity index (χ1) is 8.16. The summed E-state index contributed by atoms with van der Waals surface area (Å²) in [7, 11) is 1.94. The highest BCUT2D eigenvalue weighted by atomic mass is 16.4. The molecule has 0 unspecified atom stereocenters. The van der Waals surface area contributed by atoms with Gasteiger partial charge in [0.2, 0.25) is 0 Å². The quantitative estimate of drug-likeness (QED) is 0.862. The summed E-state index contributed by atoms with van der Waals surface area (Å²) >= 11 is 0. The van der Waals surface area contributed by atoms with E-state index in [0.29, 0.717) is 11.7 Å². The van der Waals surface area contributed by atoms with Gasteiger partial charge in [-0.15, -0.1) is 0 Å². The number of carboxylic acid groups (broad SMARTS) is 1. The summed E-state index contributed by atoms with van der Waals surface area (Å²) in [4.78, 5) is 20.8. The van der Waals surface area contributed by atoms with E-state index in [1.807, 2.05) is 11.9 Å². The second-order valence-electron chi connectivity index (χ2n) is 4.60. The molecule has 5 heteroatoms. The van der Waals surface area contributed by atoms with Gasteiger partial charge in [-0.05, 0) is 18.8 Å². The molecule has 1 aromatic rings. The molecule has 92 valence electrons. The molecule has 2 rings (SSSR count). The molecule has 1 heterocycles. The maximum atomic E-state index is 10.8. The summed E-state index contributed by atoms with van der Waals surface area (Å²) in [5.41, 5.74) is 0.000715. The average Bonchev–Trinajstić information content (AvgIpc) is 2.82. The normalized spacial score (nSPS) is 16.1. The third-order valence-corrected chi connectivity index (χ3v) is 3.24. The third kappa shape index (κ3) is 2.93. The Kier molecular flexibility index (Phi) is 3.56. The fourth-order valence-corrected chi connectivity index (χ4v) is 2.32. The highest BCUT2D eigenvalue weighted by molar-refractivity contribution is 5.85. The predicted octanol–water partition coefficient (Wildman–Crippen LogP) is 1.80. The molecular weight excluding hydrogens is 218 g/mol. The minimum atomic E-state index is -1.03. The van der Waals surface area contributed by atoms with Crippen LogP contribution >= 0.6 is 0 Å². The zero-order chi connectivity index (χ0) is 12.3. The Bertz CT molecular complexity index is 402. The van der Waals surface area contributed by atoms with Gasteiger partial charge in [-0.1, -0.05) is 12.8 Å². The van der Waals surface area contributed by atoms with Crippen LogP contribution in [-0.2, 0) is 0 Å². The molecule has 0 amide bonds. The van der Waals surface area contributed by atoms with Crippen molar-refractivity contribution in [2.75, 3.05) is 18.5 Å². The highest BCUT2D eigenvalue weighted by Crippen LogP contribution is 2.26. The minimum absolute atomic E-state index is 0.000715. The number of carbonyl (C=O) groups is 1. The van der Waals surface area contributed by atoms with Gasteiger partial charge in [0.1, 0.15) is 5.82 Å². The molecule has 0 aromatic carbocycles. The number of anilines is 1. The number of carboxylic acids is 1. The lowest BCUT2D eigenvalue weighted by molar-refractivity contribution is 0.0690. The highest BCUT2D eigenvalue weighted by Gasteiger charge is 2.18. The Morgan fingerprint density at radius 1 is 1.47 bits per heavy atom. The average molecular weight is 235 g/mol. The molecular formula is C12H17N3O2. The maximum Gasteiger partial charge on any atom is 0.356 e. The van der Waals surface area contributed by atoms with Crippen LogP contribution in [0.3, 0.4) is 0 Å². The number of hydrogen-bond donors (Lipinski definition) is 1. The van der Waals surface area contributed by atoms with Gasteiger partial charge in [0.15, 0.2) is 5.69 Å². The Balaban J connectivity index is 2.04. The van der Waals surface area contributed by atoms with E-state index in [4.69, 9.17) is 5.11 Å². The molecule has 0 spiro atoms. The molecule has 5 nitrogen and oxygen atoms in total. The van der Waals surface area contributed by atoms with Crippen molar-refractivity contribution in [1.29, 1.82) is 0 Å². The van der Waals surface area contributed by atoms with Crippen LogP contribution in [0.1, 0.15) is 36.2 Å². The lowest BCUT2D eigenvalue weighted by Crippen LogP contribution is -2.25.